The van der Waals surface area contributed by atoms with Gasteiger partial charge in [0.25, 0.3) is 5.91 Å². The van der Waals surface area contributed by atoms with Gasteiger partial charge < -0.3 is 10.1 Å². The Morgan fingerprint density at radius 1 is 1.56 bits per heavy atom. The molecule has 1 aromatic rings. The Bertz CT molecular complexity index is 562. The molecule has 1 aromatic heterocycles. The number of amides is 3. The Morgan fingerprint density at radius 3 is 3.00 bits per heavy atom. The number of pyridine rings is 1. The van der Waals surface area contributed by atoms with E-state index in [0.29, 0.717) is 0 Å². The van der Waals surface area contributed by atoms with Gasteiger partial charge in [-0.15, -0.1) is 0 Å². The van der Waals surface area contributed by atoms with E-state index in [0.717, 1.165) is 6.20 Å². The zero-order chi connectivity index (χ0) is 12.9. The molecule has 2 N–H and O–H groups in total. The number of urea groups is 1. The molecule has 3 amide bonds. The van der Waals surface area contributed by atoms with Crippen molar-refractivity contribution >= 4 is 11.9 Å². The van der Waals surface area contributed by atoms with Crippen LogP contribution in [0.2, 0.25) is 0 Å². The van der Waals surface area contributed by atoms with Crippen molar-refractivity contribution in [3.05, 3.63) is 23.6 Å². The quantitative estimate of drug-likeness (QED) is 0.655. The Hall–Kier alpha value is -2.18. The SMILES string of the molecule is C[C@@H]1C[C@]2(NC(=O)NC2=O)c2cc(F)cnc2O1. The van der Waals surface area contributed by atoms with Crippen LogP contribution in [0.25, 0.3) is 0 Å². The second kappa shape index (κ2) is 3.41. The molecule has 1 saturated heterocycles. The van der Waals surface area contributed by atoms with E-state index >= 15 is 0 Å². The highest BCUT2D eigenvalue weighted by molar-refractivity contribution is 6.07. The van der Waals surface area contributed by atoms with Crippen LogP contribution >= 0.6 is 0 Å². The lowest BCUT2D eigenvalue weighted by Crippen LogP contribution is -2.50. The molecule has 2 aliphatic rings. The van der Waals surface area contributed by atoms with Gasteiger partial charge in [0.05, 0.1) is 11.8 Å². The standard InChI is InChI=1S/C11H10FN3O3/c1-5-3-11(9(16)14-10(17)15-11)7-2-6(12)4-13-8(7)18-5/h2,4-5H,3H2,1H3,(H2,14,15,16,17)/t5-,11+/m1/s1. The number of nitrogens with one attached hydrogen (secondary N) is 2. The van der Waals surface area contributed by atoms with Gasteiger partial charge in [-0.1, -0.05) is 0 Å². The molecule has 0 aliphatic carbocycles. The largest absolute Gasteiger partial charge is 0.474 e. The summed E-state index contributed by atoms with van der Waals surface area (Å²) in [4.78, 5) is 27.1. The number of nitrogens with zero attached hydrogens (tertiary/aromatic N) is 1. The first kappa shape index (κ1) is 10.9. The number of imide groups is 1. The number of aromatic nitrogens is 1. The number of ether oxygens (including phenoxy) is 1. The number of rotatable bonds is 0. The van der Waals surface area contributed by atoms with Gasteiger partial charge in [-0.3, -0.25) is 10.1 Å². The maximum Gasteiger partial charge on any atom is 0.322 e. The predicted molar refractivity (Wildman–Crippen MR) is 57.3 cm³/mol. The third-order valence-electron chi connectivity index (χ3n) is 3.13. The molecule has 2 atom stereocenters. The molecule has 18 heavy (non-hydrogen) atoms. The highest BCUT2D eigenvalue weighted by atomic mass is 19.1. The summed E-state index contributed by atoms with van der Waals surface area (Å²) < 4.78 is 18.7. The average molecular weight is 251 g/mol. The molecular weight excluding hydrogens is 241 g/mol. The number of hydrogen-bond acceptors (Lipinski definition) is 4. The van der Waals surface area contributed by atoms with E-state index in [9.17, 15) is 14.0 Å². The van der Waals surface area contributed by atoms with Crippen LogP contribution in [-0.2, 0) is 10.3 Å². The zero-order valence-electron chi connectivity index (χ0n) is 9.49. The molecule has 6 nitrogen and oxygen atoms in total. The van der Waals surface area contributed by atoms with Gasteiger partial charge in [-0.05, 0) is 13.0 Å². The minimum Gasteiger partial charge on any atom is -0.474 e. The predicted octanol–water partition coefficient (Wildman–Crippen LogP) is 0.426. The van der Waals surface area contributed by atoms with E-state index in [2.05, 4.69) is 15.6 Å². The highest BCUT2D eigenvalue weighted by Crippen LogP contribution is 2.40. The maximum absolute atomic E-state index is 13.3. The first-order valence-electron chi connectivity index (χ1n) is 5.47. The van der Waals surface area contributed by atoms with Crippen molar-refractivity contribution in [1.29, 1.82) is 0 Å². The van der Waals surface area contributed by atoms with Crippen LogP contribution < -0.4 is 15.4 Å². The Balaban J connectivity index is 2.20. The van der Waals surface area contributed by atoms with Crippen molar-refractivity contribution in [1.82, 2.24) is 15.6 Å². The monoisotopic (exact) mass is 251 g/mol. The van der Waals surface area contributed by atoms with E-state index in [-0.39, 0.29) is 24.0 Å². The Labute approximate surface area is 102 Å². The molecule has 0 unspecified atom stereocenters. The molecular formula is C11H10FN3O3. The Kier molecular flexibility index (Phi) is 2.07. The van der Waals surface area contributed by atoms with Crippen molar-refractivity contribution < 1.29 is 18.7 Å². The van der Waals surface area contributed by atoms with Crippen LogP contribution in [0.1, 0.15) is 18.9 Å². The maximum atomic E-state index is 13.3. The van der Waals surface area contributed by atoms with Crippen molar-refractivity contribution in [3.63, 3.8) is 0 Å². The summed E-state index contributed by atoms with van der Waals surface area (Å²) in [6.07, 6.45) is 0.946. The van der Waals surface area contributed by atoms with Crippen LogP contribution in [0.3, 0.4) is 0 Å². The van der Waals surface area contributed by atoms with E-state index in [1.807, 2.05) is 0 Å². The molecule has 3 rings (SSSR count). The van der Waals surface area contributed by atoms with Crippen LogP contribution in [0.15, 0.2) is 12.3 Å². The molecule has 1 spiro atoms. The average Bonchev–Trinajstić information content (AvgIpc) is 2.55. The fourth-order valence-corrected chi connectivity index (χ4v) is 2.42. The van der Waals surface area contributed by atoms with Gasteiger partial charge in [0, 0.05) is 6.42 Å². The first-order valence-corrected chi connectivity index (χ1v) is 5.47. The number of hydrogen-bond donors (Lipinski definition) is 2. The summed E-state index contributed by atoms with van der Waals surface area (Å²) in [6.45, 7) is 1.76. The van der Waals surface area contributed by atoms with E-state index in [1.165, 1.54) is 6.07 Å². The van der Waals surface area contributed by atoms with Gasteiger partial charge in [0.1, 0.15) is 11.9 Å². The lowest BCUT2D eigenvalue weighted by Gasteiger charge is -2.35. The molecule has 1 fully saturated rings. The van der Waals surface area contributed by atoms with Crippen LogP contribution in [0.5, 0.6) is 5.88 Å². The molecule has 7 heteroatoms. The summed E-state index contributed by atoms with van der Waals surface area (Å²) in [5, 5.41) is 4.71. The minimum absolute atomic E-state index is 0.174. The first-order chi connectivity index (χ1) is 8.51. The van der Waals surface area contributed by atoms with Gasteiger partial charge in [-0.25, -0.2) is 14.2 Å². The lowest BCUT2D eigenvalue weighted by atomic mass is 9.83. The lowest BCUT2D eigenvalue weighted by molar-refractivity contribution is -0.126. The molecule has 0 saturated carbocycles. The number of halogens is 1. The van der Waals surface area contributed by atoms with Gasteiger partial charge >= 0.3 is 6.03 Å². The summed E-state index contributed by atoms with van der Waals surface area (Å²) in [7, 11) is 0. The second-order valence-corrected chi connectivity index (χ2v) is 4.45. The van der Waals surface area contributed by atoms with Gasteiger partial charge in [0.2, 0.25) is 5.88 Å². The van der Waals surface area contributed by atoms with Crippen molar-refractivity contribution in [3.8, 4) is 5.88 Å². The third kappa shape index (κ3) is 1.36. The smallest absolute Gasteiger partial charge is 0.322 e. The third-order valence-corrected chi connectivity index (χ3v) is 3.13. The summed E-state index contributed by atoms with van der Waals surface area (Å²) in [5.74, 6) is -0.913. The molecule has 94 valence electrons. The fraction of sp³-hybridized carbons (Fsp3) is 0.364. The number of carbonyl (C=O) groups is 2. The van der Waals surface area contributed by atoms with E-state index in [4.69, 9.17) is 4.74 Å². The van der Waals surface area contributed by atoms with Gasteiger partial charge in [-0.2, -0.15) is 0 Å². The minimum atomic E-state index is -1.28. The number of carbonyl (C=O) groups excluding carboxylic acids is 2. The van der Waals surface area contributed by atoms with E-state index < -0.39 is 23.3 Å². The van der Waals surface area contributed by atoms with Crippen LogP contribution in [0.4, 0.5) is 9.18 Å². The normalized spacial score (nSPS) is 29.6. The zero-order valence-corrected chi connectivity index (χ0v) is 9.49. The highest BCUT2D eigenvalue weighted by Gasteiger charge is 2.53. The summed E-state index contributed by atoms with van der Waals surface area (Å²) in [6, 6.07) is 0.573. The van der Waals surface area contributed by atoms with Crippen molar-refractivity contribution in [2.45, 2.75) is 25.0 Å². The second-order valence-electron chi connectivity index (χ2n) is 4.45. The summed E-state index contributed by atoms with van der Waals surface area (Å²) >= 11 is 0. The molecule has 2 aliphatic heterocycles. The number of fused-ring (bicyclic) bond motifs is 2. The molecule has 3 heterocycles. The van der Waals surface area contributed by atoms with Crippen LogP contribution in [-0.4, -0.2) is 23.0 Å². The van der Waals surface area contributed by atoms with Crippen LogP contribution in [0, 0.1) is 5.82 Å². The topological polar surface area (TPSA) is 80.3 Å². The van der Waals surface area contributed by atoms with Crippen molar-refractivity contribution in [2.24, 2.45) is 0 Å². The van der Waals surface area contributed by atoms with Crippen molar-refractivity contribution in [2.75, 3.05) is 0 Å². The molecule has 0 radical (unpaired) electrons. The van der Waals surface area contributed by atoms with Gasteiger partial charge in [0.15, 0.2) is 5.54 Å². The van der Waals surface area contributed by atoms with E-state index in [1.54, 1.807) is 6.92 Å². The molecule has 0 bridgehead atoms. The fourth-order valence-electron chi connectivity index (χ4n) is 2.42. The summed E-state index contributed by atoms with van der Waals surface area (Å²) in [5.41, 5.74) is -1.02. The molecule has 0 aromatic carbocycles. The Morgan fingerprint density at radius 2 is 2.33 bits per heavy atom.